The molecule has 0 fully saturated rings. The molecule has 0 unspecified atom stereocenters. The molecule has 0 radical (unpaired) electrons. The highest BCUT2D eigenvalue weighted by Crippen LogP contribution is 1.94. The van der Waals surface area contributed by atoms with Gasteiger partial charge in [0.1, 0.15) is 12.1 Å². The number of thiol groups is 1. The summed E-state index contributed by atoms with van der Waals surface area (Å²) in [6.07, 6.45) is -0.653. The van der Waals surface area contributed by atoms with Crippen LogP contribution >= 0.6 is 12.6 Å². The molecule has 21 heavy (non-hydrogen) atoms. The van der Waals surface area contributed by atoms with Crippen molar-refractivity contribution >= 4 is 36.4 Å². The Morgan fingerprint density at radius 3 is 1.95 bits per heavy atom. The highest BCUT2D eigenvalue weighted by atomic mass is 32.1. The molecule has 0 rings (SSSR count). The van der Waals surface area contributed by atoms with E-state index >= 15 is 0 Å². The van der Waals surface area contributed by atoms with Crippen LogP contribution in [0.15, 0.2) is 0 Å². The van der Waals surface area contributed by atoms with Crippen LogP contribution in [-0.2, 0) is 19.2 Å². The van der Waals surface area contributed by atoms with Crippen LogP contribution < -0.4 is 16.4 Å². The maximum Gasteiger partial charge on any atom is 0.327 e. The molecule has 0 saturated heterocycles. The molecule has 0 spiro atoms. The van der Waals surface area contributed by atoms with Crippen LogP contribution in [0, 0.1) is 0 Å². The van der Waals surface area contributed by atoms with E-state index in [0.29, 0.717) is 0 Å². The van der Waals surface area contributed by atoms with Crippen molar-refractivity contribution in [2.75, 3.05) is 12.4 Å². The van der Waals surface area contributed by atoms with Crippen LogP contribution in [0.5, 0.6) is 0 Å². The third-order valence-corrected chi connectivity index (χ3v) is 2.71. The van der Waals surface area contributed by atoms with Gasteiger partial charge in [-0.2, -0.15) is 12.6 Å². The highest BCUT2D eigenvalue weighted by Gasteiger charge is 2.27. The average Bonchev–Trinajstić information content (AvgIpc) is 2.40. The van der Waals surface area contributed by atoms with E-state index in [4.69, 9.17) is 21.1 Å². The van der Waals surface area contributed by atoms with E-state index in [-0.39, 0.29) is 5.75 Å². The van der Waals surface area contributed by atoms with E-state index in [1.54, 1.807) is 0 Å². The molecule has 0 aliphatic carbocycles. The van der Waals surface area contributed by atoms with E-state index < -0.39 is 54.9 Å². The molecule has 11 heteroatoms. The Kier molecular flexibility index (Phi) is 8.35. The van der Waals surface area contributed by atoms with Gasteiger partial charge < -0.3 is 31.7 Å². The zero-order chi connectivity index (χ0) is 16.6. The summed E-state index contributed by atoms with van der Waals surface area (Å²) in [4.78, 5) is 44.3. The summed E-state index contributed by atoms with van der Waals surface area (Å²) in [7, 11) is 0. The van der Waals surface area contributed by atoms with Crippen LogP contribution in [-0.4, -0.2) is 69.6 Å². The molecule has 0 aromatic heterocycles. The zero-order valence-electron chi connectivity index (χ0n) is 10.9. The quantitative estimate of drug-likeness (QED) is 0.216. The molecule has 120 valence electrons. The molecule has 10 nitrogen and oxygen atoms in total. The molecular formula is C10H17N3O7S. The molecule has 0 aromatic carbocycles. The number of nitrogens with one attached hydrogen (secondary N) is 2. The Morgan fingerprint density at radius 2 is 1.57 bits per heavy atom. The summed E-state index contributed by atoms with van der Waals surface area (Å²) in [5.74, 6) is -4.72. The fraction of sp³-hybridized carbons (Fsp3) is 0.600. The van der Waals surface area contributed by atoms with Gasteiger partial charge in [-0.1, -0.05) is 0 Å². The number of hydrogen-bond donors (Lipinski definition) is 7. The number of carboxylic acid groups (broad SMARTS) is 2. The Hall–Kier alpha value is -1.85. The number of aliphatic hydroxyl groups is 1. The summed E-state index contributed by atoms with van der Waals surface area (Å²) in [6, 6.07) is -4.14. The van der Waals surface area contributed by atoms with Crippen LogP contribution in [0.4, 0.5) is 0 Å². The minimum Gasteiger partial charge on any atom is -0.481 e. The minimum atomic E-state index is -1.45. The lowest BCUT2D eigenvalue weighted by atomic mass is 10.2. The molecule has 0 aliphatic heterocycles. The molecule has 3 atom stereocenters. The second kappa shape index (κ2) is 9.15. The molecule has 0 aromatic rings. The lowest BCUT2D eigenvalue weighted by molar-refractivity contribution is -0.142. The van der Waals surface area contributed by atoms with Crippen LogP contribution in [0.3, 0.4) is 0 Å². The van der Waals surface area contributed by atoms with Gasteiger partial charge in [0.25, 0.3) is 0 Å². The number of hydrogen-bond acceptors (Lipinski definition) is 7. The molecule has 0 aliphatic rings. The summed E-state index contributed by atoms with van der Waals surface area (Å²) in [5.41, 5.74) is 5.28. The molecule has 0 saturated carbocycles. The highest BCUT2D eigenvalue weighted by molar-refractivity contribution is 7.80. The van der Waals surface area contributed by atoms with Crippen molar-refractivity contribution in [1.29, 1.82) is 0 Å². The standard InChI is InChI=1S/C10H17N3O7S/c11-4(1-7(15)16)8(17)12-5(2-14)9(18)13-6(3-21)10(19)20/h4-6,14,21H,1-3,11H2,(H,12,17)(H,13,18)(H,15,16)(H,19,20)/t4-,5-,6-/m0/s1. The first-order valence-electron chi connectivity index (χ1n) is 5.75. The first-order valence-corrected chi connectivity index (χ1v) is 6.38. The molecular weight excluding hydrogens is 306 g/mol. The molecule has 0 bridgehead atoms. The van der Waals surface area contributed by atoms with E-state index in [1.807, 2.05) is 5.32 Å². The van der Waals surface area contributed by atoms with Gasteiger partial charge >= 0.3 is 11.9 Å². The lowest BCUT2D eigenvalue weighted by Crippen LogP contribution is -2.56. The van der Waals surface area contributed by atoms with Gasteiger partial charge in [0.05, 0.1) is 19.1 Å². The smallest absolute Gasteiger partial charge is 0.327 e. The normalized spacial score (nSPS) is 14.6. The zero-order valence-corrected chi connectivity index (χ0v) is 11.7. The Balaban J connectivity index is 4.63. The van der Waals surface area contributed by atoms with Crippen LogP contribution in [0.2, 0.25) is 0 Å². The van der Waals surface area contributed by atoms with Crippen molar-refractivity contribution in [3.63, 3.8) is 0 Å². The van der Waals surface area contributed by atoms with Crippen LogP contribution in [0.25, 0.3) is 0 Å². The van der Waals surface area contributed by atoms with E-state index in [2.05, 4.69) is 17.9 Å². The first kappa shape index (κ1) is 19.1. The Morgan fingerprint density at radius 1 is 1.05 bits per heavy atom. The van der Waals surface area contributed by atoms with E-state index in [0.717, 1.165) is 0 Å². The summed E-state index contributed by atoms with van der Waals surface area (Å²) in [6.45, 7) is -0.809. The van der Waals surface area contributed by atoms with Crippen molar-refractivity contribution in [2.45, 2.75) is 24.5 Å². The minimum absolute atomic E-state index is 0.189. The number of nitrogens with two attached hydrogens (primary N) is 1. The van der Waals surface area contributed by atoms with Gasteiger partial charge in [-0.05, 0) is 0 Å². The fourth-order valence-electron chi connectivity index (χ4n) is 1.21. The van der Waals surface area contributed by atoms with E-state index in [9.17, 15) is 19.2 Å². The first-order chi connectivity index (χ1) is 9.72. The molecule has 2 amide bonds. The SMILES string of the molecule is N[C@@H](CC(=O)O)C(=O)N[C@@H](CO)C(=O)N[C@@H](CS)C(=O)O. The Bertz CT molecular complexity index is 417. The fourth-order valence-corrected chi connectivity index (χ4v) is 1.46. The number of carbonyl (C=O) groups is 4. The van der Waals surface area contributed by atoms with Gasteiger partial charge in [-0.3, -0.25) is 14.4 Å². The average molecular weight is 323 g/mol. The second-order valence-electron chi connectivity index (χ2n) is 4.03. The maximum absolute atomic E-state index is 11.7. The van der Waals surface area contributed by atoms with Crippen molar-refractivity contribution < 1.29 is 34.5 Å². The van der Waals surface area contributed by atoms with Crippen molar-refractivity contribution in [1.82, 2.24) is 10.6 Å². The third kappa shape index (κ3) is 6.92. The van der Waals surface area contributed by atoms with Gasteiger partial charge in [0.2, 0.25) is 11.8 Å². The lowest BCUT2D eigenvalue weighted by Gasteiger charge is -2.20. The van der Waals surface area contributed by atoms with Crippen molar-refractivity contribution in [3.8, 4) is 0 Å². The molecule has 0 heterocycles. The van der Waals surface area contributed by atoms with Crippen molar-refractivity contribution in [2.24, 2.45) is 5.73 Å². The van der Waals surface area contributed by atoms with Crippen molar-refractivity contribution in [3.05, 3.63) is 0 Å². The number of amides is 2. The second-order valence-corrected chi connectivity index (χ2v) is 4.40. The van der Waals surface area contributed by atoms with Gasteiger partial charge in [0.15, 0.2) is 0 Å². The summed E-state index contributed by atoms with van der Waals surface area (Å²) < 4.78 is 0. The summed E-state index contributed by atoms with van der Waals surface area (Å²) >= 11 is 3.74. The number of aliphatic carboxylic acids is 2. The number of carboxylic acids is 2. The van der Waals surface area contributed by atoms with Gasteiger partial charge in [-0.15, -0.1) is 0 Å². The number of carbonyl (C=O) groups excluding carboxylic acids is 2. The predicted octanol–water partition coefficient (Wildman–Crippen LogP) is -3.24. The summed E-state index contributed by atoms with van der Waals surface area (Å²) in [5, 5.41) is 30.4. The largest absolute Gasteiger partial charge is 0.481 e. The molecule has 7 N–H and O–H groups in total. The number of rotatable bonds is 9. The van der Waals surface area contributed by atoms with Gasteiger partial charge in [-0.25, -0.2) is 4.79 Å². The predicted molar refractivity (Wildman–Crippen MR) is 72.7 cm³/mol. The van der Waals surface area contributed by atoms with Crippen LogP contribution in [0.1, 0.15) is 6.42 Å². The monoisotopic (exact) mass is 323 g/mol. The maximum atomic E-state index is 11.7. The van der Waals surface area contributed by atoms with E-state index in [1.165, 1.54) is 0 Å². The number of aliphatic hydroxyl groups excluding tert-OH is 1. The third-order valence-electron chi connectivity index (χ3n) is 2.34. The van der Waals surface area contributed by atoms with Gasteiger partial charge in [0, 0.05) is 5.75 Å². The topological polar surface area (TPSA) is 179 Å². The Labute approximate surface area is 125 Å².